The van der Waals surface area contributed by atoms with Gasteiger partial charge in [-0.25, -0.2) is 4.39 Å². The Labute approximate surface area is 118 Å². The lowest BCUT2D eigenvalue weighted by molar-refractivity contribution is -0.384. The van der Waals surface area contributed by atoms with Crippen molar-refractivity contribution in [2.24, 2.45) is 0 Å². The number of rotatable bonds is 3. The summed E-state index contributed by atoms with van der Waals surface area (Å²) in [5, 5.41) is 22.4. The van der Waals surface area contributed by atoms with Gasteiger partial charge in [-0.2, -0.15) is 0 Å². The number of carbonyl (C=O) groups excluding carboxylic acids is 1. The van der Waals surface area contributed by atoms with Crippen LogP contribution in [0.1, 0.15) is 10.4 Å². The van der Waals surface area contributed by atoms with Crippen molar-refractivity contribution in [3.05, 3.63) is 57.9 Å². The molecule has 1 amide bonds. The van der Waals surface area contributed by atoms with Crippen LogP contribution in [-0.4, -0.2) is 15.9 Å². The summed E-state index contributed by atoms with van der Waals surface area (Å²) in [6, 6.07) is 6.48. The zero-order valence-electron chi connectivity index (χ0n) is 10.5. The zero-order valence-corrected chi connectivity index (χ0v) is 10.5. The lowest BCUT2D eigenvalue weighted by Crippen LogP contribution is -2.15. The highest BCUT2D eigenvalue weighted by molar-refractivity contribution is 6.08. The summed E-state index contributed by atoms with van der Waals surface area (Å²) < 4.78 is 13.1. The van der Waals surface area contributed by atoms with Gasteiger partial charge in [0.25, 0.3) is 11.6 Å². The number of nitrogens with zero attached hydrogens (tertiary/aromatic N) is 1. The Balaban J connectivity index is 2.36. The van der Waals surface area contributed by atoms with Crippen LogP contribution in [0.3, 0.4) is 0 Å². The quantitative estimate of drug-likeness (QED) is 0.347. The minimum atomic E-state index is -0.791. The topological polar surface area (TPSA) is 118 Å². The first-order valence-corrected chi connectivity index (χ1v) is 5.72. The van der Waals surface area contributed by atoms with Crippen LogP contribution in [0, 0.1) is 15.9 Å². The predicted molar refractivity (Wildman–Crippen MR) is 73.5 cm³/mol. The number of hydrogen-bond acceptors (Lipinski definition) is 5. The van der Waals surface area contributed by atoms with Crippen molar-refractivity contribution in [1.82, 2.24) is 0 Å². The SMILES string of the molecule is Nc1ccc(F)cc1C(=O)Nc1ccc(O)cc1[N+](=O)[O-]. The molecule has 7 nitrogen and oxygen atoms in total. The molecular formula is C13H10FN3O4. The van der Waals surface area contributed by atoms with Gasteiger partial charge in [-0.1, -0.05) is 0 Å². The van der Waals surface area contributed by atoms with E-state index in [1.807, 2.05) is 0 Å². The number of aromatic hydroxyl groups is 1. The minimum absolute atomic E-state index is 0.0373. The largest absolute Gasteiger partial charge is 0.508 e. The molecular weight excluding hydrogens is 281 g/mol. The van der Waals surface area contributed by atoms with Gasteiger partial charge in [0, 0.05) is 5.69 Å². The average Bonchev–Trinajstić information content (AvgIpc) is 2.43. The molecule has 0 bridgehead atoms. The average molecular weight is 291 g/mol. The van der Waals surface area contributed by atoms with Gasteiger partial charge < -0.3 is 16.2 Å². The standard InChI is InChI=1S/C13H10FN3O4/c14-7-1-3-10(15)9(5-7)13(19)16-11-4-2-8(18)6-12(11)17(20)21/h1-6,18H,15H2,(H,16,19). The molecule has 0 heterocycles. The maximum absolute atomic E-state index is 13.1. The summed E-state index contributed by atoms with van der Waals surface area (Å²) in [6.07, 6.45) is 0. The third-order valence-electron chi connectivity index (χ3n) is 2.69. The van der Waals surface area contributed by atoms with Crippen molar-refractivity contribution in [3.8, 4) is 5.75 Å². The first-order valence-electron chi connectivity index (χ1n) is 5.72. The van der Waals surface area contributed by atoms with E-state index >= 15 is 0 Å². The molecule has 0 atom stereocenters. The van der Waals surface area contributed by atoms with Gasteiger partial charge in [-0.05, 0) is 30.3 Å². The summed E-state index contributed by atoms with van der Waals surface area (Å²) >= 11 is 0. The Morgan fingerprint density at radius 3 is 2.67 bits per heavy atom. The second kappa shape index (κ2) is 5.45. The number of nitrogens with one attached hydrogen (secondary N) is 1. The van der Waals surface area contributed by atoms with Gasteiger partial charge in [0.2, 0.25) is 0 Å². The van der Waals surface area contributed by atoms with Crippen LogP contribution in [0.4, 0.5) is 21.5 Å². The van der Waals surface area contributed by atoms with Crippen LogP contribution < -0.4 is 11.1 Å². The Morgan fingerprint density at radius 1 is 1.29 bits per heavy atom. The van der Waals surface area contributed by atoms with E-state index in [4.69, 9.17) is 5.73 Å². The smallest absolute Gasteiger partial charge is 0.296 e. The van der Waals surface area contributed by atoms with Gasteiger partial charge in [0.1, 0.15) is 17.3 Å². The molecule has 0 aliphatic rings. The van der Waals surface area contributed by atoms with Crippen LogP contribution in [0.15, 0.2) is 36.4 Å². The predicted octanol–water partition coefficient (Wildman–Crippen LogP) is 2.27. The monoisotopic (exact) mass is 291 g/mol. The van der Waals surface area contributed by atoms with E-state index in [-0.39, 0.29) is 22.7 Å². The zero-order chi connectivity index (χ0) is 15.6. The number of halogens is 1. The fourth-order valence-electron chi connectivity index (χ4n) is 1.69. The molecule has 2 aromatic rings. The highest BCUT2D eigenvalue weighted by atomic mass is 19.1. The van der Waals surface area contributed by atoms with Crippen LogP contribution in [0.25, 0.3) is 0 Å². The molecule has 4 N–H and O–H groups in total. The summed E-state index contributed by atoms with van der Waals surface area (Å²) in [5.74, 6) is -1.76. The first-order chi connectivity index (χ1) is 9.88. The second-order valence-electron chi connectivity index (χ2n) is 4.14. The number of benzene rings is 2. The van der Waals surface area contributed by atoms with E-state index in [9.17, 15) is 24.4 Å². The maximum Gasteiger partial charge on any atom is 0.296 e. The van der Waals surface area contributed by atoms with Gasteiger partial charge in [-0.3, -0.25) is 14.9 Å². The van der Waals surface area contributed by atoms with Crippen LogP contribution >= 0.6 is 0 Å². The fourth-order valence-corrected chi connectivity index (χ4v) is 1.69. The molecule has 0 saturated heterocycles. The van der Waals surface area contributed by atoms with Crippen molar-refractivity contribution in [2.45, 2.75) is 0 Å². The summed E-state index contributed by atoms with van der Waals surface area (Å²) in [7, 11) is 0. The van der Waals surface area contributed by atoms with E-state index < -0.39 is 22.3 Å². The van der Waals surface area contributed by atoms with Crippen molar-refractivity contribution in [1.29, 1.82) is 0 Å². The molecule has 8 heteroatoms. The van der Waals surface area contributed by atoms with Crippen LogP contribution in [0.5, 0.6) is 5.75 Å². The second-order valence-corrected chi connectivity index (χ2v) is 4.14. The third kappa shape index (κ3) is 3.06. The van der Waals surface area contributed by atoms with Crippen LogP contribution in [0.2, 0.25) is 0 Å². The van der Waals surface area contributed by atoms with E-state index in [1.54, 1.807) is 0 Å². The minimum Gasteiger partial charge on any atom is -0.508 e. The number of nitrogen functional groups attached to an aromatic ring is 1. The number of phenolic OH excluding ortho intramolecular Hbond substituents is 1. The summed E-state index contributed by atoms with van der Waals surface area (Å²) in [5.41, 5.74) is 4.84. The molecule has 2 aromatic carbocycles. The molecule has 0 radical (unpaired) electrons. The Morgan fingerprint density at radius 2 is 2.00 bits per heavy atom. The van der Waals surface area contributed by atoms with Gasteiger partial charge >= 0.3 is 0 Å². The highest BCUT2D eigenvalue weighted by Crippen LogP contribution is 2.29. The number of nitro benzene ring substituents is 1. The van der Waals surface area contributed by atoms with Gasteiger partial charge in [0.15, 0.2) is 0 Å². The molecule has 0 aliphatic heterocycles. The number of nitro groups is 1. The van der Waals surface area contributed by atoms with Crippen molar-refractivity contribution in [2.75, 3.05) is 11.1 Å². The van der Waals surface area contributed by atoms with Crippen LogP contribution in [-0.2, 0) is 0 Å². The van der Waals surface area contributed by atoms with Gasteiger partial charge in [-0.15, -0.1) is 0 Å². The maximum atomic E-state index is 13.1. The van der Waals surface area contributed by atoms with E-state index in [1.165, 1.54) is 18.2 Å². The summed E-state index contributed by atoms with van der Waals surface area (Å²) in [6.45, 7) is 0. The molecule has 0 spiro atoms. The Bertz CT molecular complexity index is 733. The van der Waals surface area contributed by atoms with E-state index in [0.717, 1.165) is 18.2 Å². The van der Waals surface area contributed by atoms with Gasteiger partial charge in [0.05, 0.1) is 16.6 Å². The van der Waals surface area contributed by atoms with Crippen molar-refractivity contribution in [3.63, 3.8) is 0 Å². The number of hydrogen-bond donors (Lipinski definition) is 3. The molecule has 0 unspecified atom stereocenters. The fraction of sp³-hybridized carbons (Fsp3) is 0. The highest BCUT2D eigenvalue weighted by Gasteiger charge is 2.19. The number of amides is 1. The number of anilines is 2. The van der Waals surface area contributed by atoms with E-state index in [0.29, 0.717) is 0 Å². The molecule has 0 aromatic heterocycles. The molecule has 0 fully saturated rings. The number of carbonyl (C=O) groups is 1. The lowest BCUT2D eigenvalue weighted by atomic mass is 10.1. The molecule has 108 valence electrons. The third-order valence-corrected chi connectivity index (χ3v) is 2.69. The first kappa shape index (κ1) is 14.3. The lowest BCUT2D eigenvalue weighted by Gasteiger charge is -2.08. The Kier molecular flexibility index (Phi) is 3.70. The number of nitrogens with two attached hydrogens (primary N) is 1. The Hall–Kier alpha value is -3.16. The molecule has 2 rings (SSSR count). The summed E-state index contributed by atoms with van der Waals surface area (Å²) in [4.78, 5) is 22.1. The molecule has 0 aliphatic carbocycles. The molecule has 21 heavy (non-hydrogen) atoms. The van der Waals surface area contributed by atoms with Crippen molar-refractivity contribution >= 4 is 23.0 Å². The van der Waals surface area contributed by atoms with E-state index in [2.05, 4.69) is 5.32 Å². The van der Waals surface area contributed by atoms with Crippen molar-refractivity contribution < 1.29 is 19.2 Å². The molecule has 0 saturated carbocycles. The number of phenols is 1. The normalized spacial score (nSPS) is 10.1.